The van der Waals surface area contributed by atoms with Gasteiger partial charge in [0, 0.05) is 121 Å². The molecule has 0 saturated carbocycles. The van der Waals surface area contributed by atoms with Crippen molar-refractivity contribution in [2.75, 3.05) is 0 Å². The third-order valence-corrected chi connectivity index (χ3v) is 3.70. The maximum atomic E-state index is 12.3. The van der Waals surface area contributed by atoms with E-state index in [0.717, 1.165) is 5.52 Å². The number of fused-ring (bicyclic) bond motifs is 2. The summed E-state index contributed by atoms with van der Waals surface area (Å²) >= 11 is 0. The van der Waals surface area contributed by atoms with Crippen molar-refractivity contribution in [1.29, 1.82) is 0 Å². The smallest absolute Gasteiger partial charge is 0.339 e. The van der Waals surface area contributed by atoms with E-state index < -0.39 is 17.4 Å². The summed E-state index contributed by atoms with van der Waals surface area (Å²) in [7, 11) is 1.74. The summed E-state index contributed by atoms with van der Waals surface area (Å²) in [4.78, 5) is 34.4. The summed E-state index contributed by atoms with van der Waals surface area (Å²) < 4.78 is 1.74. The van der Waals surface area contributed by atoms with Crippen molar-refractivity contribution in [3.8, 4) is 11.3 Å². The van der Waals surface area contributed by atoms with Gasteiger partial charge in [0.15, 0.2) is 0 Å². The van der Waals surface area contributed by atoms with Crippen molar-refractivity contribution in [2.45, 2.75) is 0 Å². The fourth-order valence-electron chi connectivity index (χ4n) is 2.58. The molecule has 1 aromatic rings. The summed E-state index contributed by atoms with van der Waals surface area (Å²) in [6.45, 7) is 0. The van der Waals surface area contributed by atoms with Gasteiger partial charge < -0.3 is 14.8 Å². The molecule has 3 rings (SSSR count). The van der Waals surface area contributed by atoms with Crippen molar-refractivity contribution in [3.63, 3.8) is 0 Å². The van der Waals surface area contributed by atoms with E-state index in [1.807, 2.05) is 0 Å². The standard InChI is InChI=1S/C16H11NO5.2K/c1-17-12-4-2-8(15(19)20)6-9(12)7-11-13(17)5-3-10(14(11)18)16(21)22;;/h2-7H,1H3,(H,19,20)(H,21,22);;. The van der Waals surface area contributed by atoms with Gasteiger partial charge in [-0.3, -0.25) is 4.79 Å². The number of hydrogen-bond donors (Lipinski definition) is 2. The zero-order valence-corrected chi connectivity index (χ0v) is 19.8. The number of carboxylic acids is 2. The molecule has 0 spiro atoms. The number of hydrogen-bond acceptors (Lipinski definition) is 3. The molecular formula is C16H11K2NO5. The van der Waals surface area contributed by atoms with Gasteiger partial charge in [0.25, 0.3) is 0 Å². The predicted octanol–water partition coefficient (Wildman–Crippen LogP) is 1.28. The average Bonchev–Trinajstić information content (AvgIpc) is 2.47. The van der Waals surface area contributed by atoms with E-state index in [2.05, 4.69) is 0 Å². The Morgan fingerprint density at radius 2 is 1.62 bits per heavy atom. The van der Waals surface area contributed by atoms with Crippen LogP contribution in [0.25, 0.3) is 22.2 Å². The van der Waals surface area contributed by atoms with Crippen LogP contribution in [0.2, 0.25) is 0 Å². The summed E-state index contributed by atoms with van der Waals surface area (Å²) in [5.41, 5.74) is 0.807. The number of pyridine rings is 1. The molecule has 2 aliphatic rings. The minimum absolute atomic E-state index is 0. The molecule has 112 valence electrons. The normalized spacial score (nSPS) is 10.0. The van der Waals surface area contributed by atoms with E-state index in [9.17, 15) is 14.4 Å². The molecular weight excluding hydrogens is 364 g/mol. The number of nitrogens with zero attached hydrogens (tertiary/aromatic N) is 1. The van der Waals surface area contributed by atoms with Crippen LogP contribution in [0.1, 0.15) is 20.7 Å². The number of benzene rings is 2. The summed E-state index contributed by atoms with van der Waals surface area (Å²) in [5, 5.41) is 18.7. The predicted molar refractivity (Wildman–Crippen MR) is 91.2 cm³/mol. The molecule has 1 heterocycles. The van der Waals surface area contributed by atoms with Crippen molar-refractivity contribution in [2.24, 2.45) is 7.05 Å². The van der Waals surface area contributed by atoms with Crippen molar-refractivity contribution >= 4 is 126 Å². The van der Waals surface area contributed by atoms with Crippen LogP contribution < -0.4 is 5.43 Å². The molecule has 1 aliphatic carbocycles. The van der Waals surface area contributed by atoms with Crippen LogP contribution >= 0.6 is 0 Å². The van der Waals surface area contributed by atoms with Crippen LogP contribution in [0.3, 0.4) is 0 Å². The molecule has 1 aromatic carbocycles. The third-order valence-electron chi connectivity index (χ3n) is 3.70. The first-order chi connectivity index (χ1) is 10.4. The zero-order chi connectivity index (χ0) is 16.0. The molecule has 6 nitrogen and oxygen atoms in total. The molecule has 2 radical (unpaired) electrons. The Morgan fingerprint density at radius 3 is 2.21 bits per heavy atom. The number of carbonyl (C=O) groups is 2. The SMILES string of the molecule is Cn1c2ccc(C(=O)O)c(=O)c-2cc2cc(C(=O)O)ccc21.[K].[K]. The number of aromatic nitrogens is 1. The van der Waals surface area contributed by atoms with E-state index in [-0.39, 0.29) is 119 Å². The Hall–Kier alpha value is 0.123. The second-order valence-electron chi connectivity index (χ2n) is 4.96. The molecule has 0 bridgehead atoms. The Labute approximate surface area is 222 Å². The number of rotatable bonds is 2. The van der Waals surface area contributed by atoms with Gasteiger partial charge in [-0.2, -0.15) is 0 Å². The minimum atomic E-state index is -1.28. The zero-order valence-electron chi connectivity index (χ0n) is 13.5. The molecule has 0 amide bonds. The third kappa shape index (κ3) is 3.93. The van der Waals surface area contributed by atoms with Crippen LogP contribution in [0.5, 0.6) is 0 Å². The van der Waals surface area contributed by atoms with Crippen LogP contribution in [0.15, 0.2) is 41.2 Å². The van der Waals surface area contributed by atoms with Gasteiger partial charge in [-0.05, 0) is 41.8 Å². The first-order valence-electron chi connectivity index (χ1n) is 6.43. The van der Waals surface area contributed by atoms with E-state index >= 15 is 0 Å². The maximum absolute atomic E-state index is 12.3. The largest absolute Gasteiger partial charge is 0.478 e. The Kier molecular flexibility index (Phi) is 8.01. The maximum Gasteiger partial charge on any atom is 0.339 e. The molecule has 0 unspecified atom stereocenters. The van der Waals surface area contributed by atoms with E-state index in [4.69, 9.17) is 10.2 Å². The number of carboxylic acid groups (broad SMARTS) is 2. The summed E-state index contributed by atoms with van der Waals surface area (Å²) in [6.07, 6.45) is 0. The second-order valence-corrected chi connectivity index (χ2v) is 4.96. The molecule has 0 atom stereocenters. The van der Waals surface area contributed by atoms with Gasteiger partial charge in [0.2, 0.25) is 5.43 Å². The quantitative estimate of drug-likeness (QED) is 0.519. The molecule has 8 heteroatoms. The van der Waals surface area contributed by atoms with Gasteiger partial charge in [-0.25, -0.2) is 9.59 Å². The van der Waals surface area contributed by atoms with Crippen LogP contribution in [0.4, 0.5) is 0 Å². The number of aromatic carboxylic acids is 2. The fourth-order valence-corrected chi connectivity index (χ4v) is 2.58. The van der Waals surface area contributed by atoms with Gasteiger partial charge in [-0.1, -0.05) is 0 Å². The Morgan fingerprint density at radius 1 is 0.958 bits per heavy atom. The van der Waals surface area contributed by atoms with Crippen LogP contribution in [0, 0.1) is 0 Å². The first kappa shape index (κ1) is 22.2. The summed E-state index contributed by atoms with van der Waals surface area (Å²) in [5.74, 6) is -2.35. The molecule has 0 aromatic heterocycles. The monoisotopic (exact) mass is 375 g/mol. The molecule has 2 N–H and O–H groups in total. The van der Waals surface area contributed by atoms with Crippen molar-refractivity contribution < 1.29 is 19.8 Å². The summed E-state index contributed by atoms with van der Waals surface area (Å²) in [6, 6.07) is 9.00. The van der Waals surface area contributed by atoms with Gasteiger partial charge in [0.1, 0.15) is 5.56 Å². The van der Waals surface area contributed by atoms with Gasteiger partial charge in [0.05, 0.1) is 11.3 Å². The van der Waals surface area contributed by atoms with Gasteiger partial charge >= 0.3 is 11.9 Å². The Bertz CT molecular complexity index is 980. The molecule has 24 heavy (non-hydrogen) atoms. The average molecular weight is 375 g/mol. The fraction of sp³-hybridized carbons (Fsp3) is 0.0625. The molecule has 0 saturated heterocycles. The molecule has 0 fully saturated rings. The van der Waals surface area contributed by atoms with Gasteiger partial charge in [-0.15, -0.1) is 0 Å². The van der Waals surface area contributed by atoms with E-state index in [1.165, 1.54) is 24.3 Å². The molecule has 1 aliphatic heterocycles. The second kappa shape index (κ2) is 8.67. The van der Waals surface area contributed by atoms with Crippen molar-refractivity contribution in [3.05, 3.63) is 57.7 Å². The first-order valence-corrected chi connectivity index (χ1v) is 6.43. The number of aryl methyl sites for hydroxylation is 1. The van der Waals surface area contributed by atoms with E-state index in [1.54, 1.807) is 23.7 Å². The van der Waals surface area contributed by atoms with E-state index in [0.29, 0.717) is 11.1 Å². The topological polar surface area (TPSA) is 96.6 Å². The minimum Gasteiger partial charge on any atom is -0.478 e. The Balaban J connectivity index is 0.00000144. The van der Waals surface area contributed by atoms with Crippen LogP contribution in [-0.4, -0.2) is 129 Å². The van der Waals surface area contributed by atoms with Crippen LogP contribution in [-0.2, 0) is 7.05 Å². The van der Waals surface area contributed by atoms with Crippen molar-refractivity contribution in [1.82, 2.24) is 4.57 Å².